The Kier molecular flexibility index (Phi) is 3.89. The zero-order valence-electron chi connectivity index (χ0n) is 10.4. The van der Waals surface area contributed by atoms with Gasteiger partial charge in [-0.15, -0.1) is 0 Å². The van der Waals surface area contributed by atoms with Gasteiger partial charge in [0, 0.05) is 11.1 Å². The molecule has 0 fully saturated rings. The maximum atomic E-state index is 11.5. The number of benzene rings is 1. The lowest BCUT2D eigenvalue weighted by Crippen LogP contribution is -2.55. The highest BCUT2D eigenvalue weighted by Crippen LogP contribution is 2.39. The van der Waals surface area contributed by atoms with E-state index in [0.29, 0.717) is 11.6 Å². The van der Waals surface area contributed by atoms with E-state index < -0.39 is 26.0 Å². The van der Waals surface area contributed by atoms with Crippen LogP contribution in [0, 0.1) is 10.1 Å². The van der Waals surface area contributed by atoms with Crippen LogP contribution in [0.5, 0.6) is 0 Å². The average molecular weight is 332 g/mol. The van der Waals surface area contributed by atoms with E-state index in [1.807, 2.05) is 0 Å². The minimum absolute atomic E-state index is 0.0718. The first-order valence-corrected chi connectivity index (χ1v) is 7.47. The molecular formula is C12H10ClNO6S. The molecule has 0 saturated heterocycles. The van der Waals surface area contributed by atoms with Gasteiger partial charge < -0.3 is 5.11 Å². The third-order valence-corrected chi connectivity index (χ3v) is 4.66. The number of nitro groups is 1. The van der Waals surface area contributed by atoms with E-state index >= 15 is 0 Å². The van der Waals surface area contributed by atoms with Crippen molar-refractivity contribution in [3.8, 4) is 0 Å². The number of halogens is 1. The van der Waals surface area contributed by atoms with Crippen molar-refractivity contribution in [3.63, 3.8) is 0 Å². The van der Waals surface area contributed by atoms with Crippen LogP contribution >= 0.6 is 11.6 Å². The van der Waals surface area contributed by atoms with Crippen molar-refractivity contribution in [3.05, 3.63) is 63.2 Å². The molecular weight excluding hydrogens is 322 g/mol. The van der Waals surface area contributed by atoms with Crippen molar-refractivity contribution in [2.24, 2.45) is 0 Å². The fourth-order valence-electron chi connectivity index (χ4n) is 2.10. The summed E-state index contributed by atoms with van der Waals surface area (Å²) in [4.78, 5) is 6.82. The van der Waals surface area contributed by atoms with Crippen molar-refractivity contribution < 1.29 is 23.0 Å². The molecule has 0 aromatic heterocycles. The van der Waals surface area contributed by atoms with E-state index in [2.05, 4.69) is 0 Å². The number of allylic oxidation sites excluding steroid dienone is 2. The first-order valence-electron chi connectivity index (χ1n) is 5.65. The fraction of sp³-hybridized carbons (Fsp3) is 0.167. The largest absolute Gasteiger partial charge is 0.391 e. The first-order chi connectivity index (χ1) is 9.70. The smallest absolute Gasteiger partial charge is 0.379 e. The number of hydrogen-bond acceptors (Lipinski definition) is 5. The van der Waals surface area contributed by atoms with Crippen LogP contribution in [0.3, 0.4) is 0 Å². The molecule has 9 heteroatoms. The molecule has 2 unspecified atom stereocenters. The second kappa shape index (κ2) is 5.23. The van der Waals surface area contributed by atoms with Gasteiger partial charge in [0.15, 0.2) is 6.10 Å². The number of hydrogen-bond donors (Lipinski definition) is 2. The molecule has 0 heterocycles. The Bertz CT molecular complexity index is 742. The highest BCUT2D eigenvalue weighted by atomic mass is 35.5. The van der Waals surface area contributed by atoms with Crippen LogP contribution in [-0.4, -0.2) is 34.0 Å². The zero-order valence-corrected chi connectivity index (χ0v) is 12.0. The molecule has 2 rings (SSSR count). The number of aliphatic hydroxyl groups is 1. The van der Waals surface area contributed by atoms with Crippen LogP contribution < -0.4 is 0 Å². The van der Waals surface area contributed by atoms with Crippen LogP contribution in [0.1, 0.15) is 5.56 Å². The zero-order chi connectivity index (χ0) is 15.8. The molecule has 0 bridgehead atoms. The van der Waals surface area contributed by atoms with Crippen molar-refractivity contribution in [1.29, 1.82) is 0 Å². The Labute approximate surface area is 125 Å². The third kappa shape index (κ3) is 2.46. The van der Waals surface area contributed by atoms with E-state index in [4.69, 9.17) is 11.6 Å². The topological polar surface area (TPSA) is 118 Å². The first kappa shape index (κ1) is 15.6. The number of nitrogens with zero attached hydrogens (tertiary/aromatic N) is 1. The number of aliphatic hydroxyl groups excluding tert-OH is 1. The van der Waals surface area contributed by atoms with E-state index in [9.17, 15) is 28.2 Å². The van der Waals surface area contributed by atoms with Gasteiger partial charge in [0.05, 0.1) is 4.92 Å². The van der Waals surface area contributed by atoms with E-state index in [1.165, 1.54) is 18.2 Å². The molecule has 1 aromatic rings. The quantitative estimate of drug-likeness (QED) is 0.491. The summed E-state index contributed by atoms with van der Waals surface area (Å²) in [6, 6.07) is 7.95. The van der Waals surface area contributed by atoms with Crippen molar-refractivity contribution >= 4 is 27.3 Å². The average Bonchev–Trinajstić information content (AvgIpc) is 2.40. The molecule has 0 saturated carbocycles. The Morgan fingerprint density at radius 3 is 2.33 bits per heavy atom. The van der Waals surface area contributed by atoms with Crippen LogP contribution in [0.25, 0.3) is 5.57 Å². The monoisotopic (exact) mass is 331 g/mol. The Morgan fingerprint density at radius 2 is 1.86 bits per heavy atom. The summed E-state index contributed by atoms with van der Waals surface area (Å²) in [5, 5.41) is 21.2. The van der Waals surface area contributed by atoms with Crippen molar-refractivity contribution in [1.82, 2.24) is 0 Å². The maximum Gasteiger partial charge on any atom is 0.391 e. The minimum Gasteiger partial charge on any atom is -0.379 e. The highest BCUT2D eigenvalue weighted by Gasteiger charge is 2.62. The van der Waals surface area contributed by atoms with Gasteiger partial charge in [-0.05, 0) is 17.2 Å². The van der Waals surface area contributed by atoms with Crippen LogP contribution in [0.4, 0.5) is 0 Å². The van der Waals surface area contributed by atoms with Gasteiger partial charge in [0.2, 0.25) is 0 Å². The van der Waals surface area contributed by atoms with Crippen LogP contribution in [0.15, 0.2) is 47.5 Å². The molecule has 1 aliphatic rings. The lowest BCUT2D eigenvalue weighted by molar-refractivity contribution is -0.536. The molecule has 0 spiro atoms. The van der Waals surface area contributed by atoms with Gasteiger partial charge in [-0.2, -0.15) is 8.42 Å². The fourth-order valence-corrected chi connectivity index (χ4v) is 3.32. The van der Waals surface area contributed by atoms with Gasteiger partial charge in [-0.25, -0.2) is 0 Å². The summed E-state index contributed by atoms with van der Waals surface area (Å²) < 4.78 is 32.3. The summed E-state index contributed by atoms with van der Waals surface area (Å²) in [5.74, 6) is 0. The number of rotatable bonds is 3. The van der Waals surface area contributed by atoms with Gasteiger partial charge in [-0.1, -0.05) is 41.9 Å². The molecule has 2 atom stereocenters. The van der Waals surface area contributed by atoms with E-state index in [-0.39, 0.29) is 10.6 Å². The molecule has 0 radical (unpaired) electrons. The normalized spacial score (nSPS) is 26.0. The van der Waals surface area contributed by atoms with Crippen LogP contribution in [0.2, 0.25) is 0 Å². The van der Waals surface area contributed by atoms with E-state index in [0.717, 1.165) is 0 Å². The predicted molar refractivity (Wildman–Crippen MR) is 75.6 cm³/mol. The molecule has 0 aliphatic heterocycles. The second-order valence-electron chi connectivity index (χ2n) is 4.38. The molecule has 21 heavy (non-hydrogen) atoms. The van der Waals surface area contributed by atoms with Gasteiger partial charge in [-0.3, -0.25) is 14.7 Å². The molecule has 2 N–H and O–H groups in total. The Balaban J connectivity index is 2.70. The molecule has 7 nitrogen and oxygen atoms in total. The molecule has 1 aliphatic carbocycles. The van der Waals surface area contributed by atoms with E-state index in [1.54, 1.807) is 18.2 Å². The van der Waals surface area contributed by atoms with Crippen molar-refractivity contribution in [2.75, 3.05) is 0 Å². The molecule has 1 aromatic carbocycles. The standard InChI is InChI=1S/C12H10ClNO6S/c13-9-6-10(8-4-2-1-3-5-8)11(15)12(7-9,14(16)17)21(18,19)20/h1-7,11,15H,(H,18,19,20). The third-order valence-electron chi connectivity index (χ3n) is 3.13. The molecule has 0 amide bonds. The summed E-state index contributed by atoms with van der Waals surface area (Å²) in [6.07, 6.45) is -0.373. The summed E-state index contributed by atoms with van der Waals surface area (Å²) in [6.45, 7) is 0. The summed E-state index contributed by atoms with van der Waals surface area (Å²) in [5.41, 5.74) is 0.281. The lowest BCUT2D eigenvalue weighted by atomic mass is 9.91. The lowest BCUT2D eigenvalue weighted by Gasteiger charge is -2.29. The van der Waals surface area contributed by atoms with Gasteiger partial charge in [0.1, 0.15) is 0 Å². The van der Waals surface area contributed by atoms with Gasteiger partial charge >= 0.3 is 15.0 Å². The van der Waals surface area contributed by atoms with Gasteiger partial charge in [0.25, 0.3) is 0 Å². The Hall–Kier alpha value is -1.74. The maximum absolute atomic E-state index is 11.5. The minimum atomic E-state index is -5.26. The second-order valence-corrected chi connectivity index (χ2v) is 6.42. The van der Waals surface area contributed by atoms with Crippen molar-refractivity contribution in [2.45, 2.75) is 11.0 Å². The predicted octanol–water partition coefficient (Wildman–Crippen LogP) is 1.43. The SMILES string of the molecule is O=[N+]([O-])C1(S(=O)(=O)O)C=C(Cl)C=C(c2ccccc2)C1O. The Morgan fingerprint density at radius 1 is 1.29 bits per heavy atom. The highest BCUT2D eigenvalue weighted by molar-refractivity contribution is 7.87. The van der Waals surface area contributed by atoms with Crippen LogP contribution in [-0.2, 0) is 10.1 Å². The summed E-state index contributed by atoms with van der Waals surface area (Å²) in [7, 11) is -5.26. The molecule has 112 valence electrons. The summed E-state index contributed by atoms with van der Waals surface area (Å²) >= 11 is 5.75.